The van der Waals surface area contributed by atoms with Gasteiger partial charge in [0.1, 0.15) is 18.1 Å². The lowest BCUT2D eigenvalue weighted by Crippen LogP contribution is -2.24. The maximum atomic E-state index is 11.9. The van der Waals surface area contributed by atoms with Gasteiger partial charge < -0.3 is 14.5 Å². The number of hydrogen-bond acceptors (Lipinski definition) is 4. The molecule has 0 fully saturated rings. The van der Waals surface area contributed by atoms with Gasteiger partial charge in [0.15, 0.2) is 6.61 Å². The number of benzene rings is 3. The molecule has 1 heterocycles. The van der Waals surface area contributed by atoms with Gasteiger partial charge in [-0.05, 0) is 29.8 Å². The first-order valence-corrected chi connectivity index (χ1v) is 9.55. The number of nitrogens with zero attached hydrogens (tertiary/aromatic N) is 1. The van der Waals surface area contributed by atoms with Crippen LogP contribution in [0.2, 0.25) is 0 Å². The van der Waals surface area contributed by atoms with E-state index in [0.717, 1.165) is 27.8 Å². The van der Waals surface area contributed by atoms with Crippen molar-refractivity contribution in [1.82, 2.24) is 10.4 Å². The lowest BCUT2D eigenvalue weighted by atomic mass is 10.2. The van der Waals surface area contributed by atoms with E-state index < -0.39 is 0 Å². The van der Waals surface area contributed by atoms with E-state index in [0.29, 0.717) is 12.4 Å². The molecule has 0 atom stereocenters. The number of hydrogen-bond donors (Lipinski definition) is 2. The van der Waals surface area contributed by atoms with Crippen molar-refractivity contribution >= 4 is 23.0 Å². The molecule has 30 heavy (non-hydrogen) atoms. The SMILES string of the molecule is O=C(COc1ccccc1)NN=Cc1c[nH]c2cc(OCc3ccccc3)ccc12. The molecule has 1 amide bonds. The van der Waals surface area contributed by atoms with Gasteiger partial charge in [0.25, 0.3) is 5.91 Å². The van der Waals surface area contributed by atoms with Crippen molar-refractivity contribution < 1.29 is 14.3 Å². The van der Waals surface area contributed by atoms with Crippen LogP contribution in [-0.4, -0.2) is 23.7 Å². The minimum Gasteiger partial charge on any atom is -0.489 e. The van der Waals surface area contributed by atoms with Crippen LogP contribution in [0.3, 0.4) is 0 Å². The number of hydrazone groups is 1. The fourth-order valence-electron chi connectivity index (χ4n) is 2.94. The molecule has 0 aliphatic carbocycles. The number of H-pyrrole nitrogens is 1. The molecule has 4 aromatic rings. The third kappa shape index (κ3) is 5.05. The zero-order valence-electron chi connectivity index (χ0n) is 16.2. The Morgan fingerprint density at radius 1 is 0.933 bits per heavy atom. The van der Waals surface area contributed by atoms with E-state index in [4.69, 9.17) is 9.47 Å². The van der Waals surface area contributed by atoms with Crippen molar-refractivity contribution in [2.24, 2.45) is 5.10 Å². The van der Waals surface area contributed by atoms with Crippen LogP contribution < -0.4 is 14.9 Å². The fraction of sp³-hybridized carbons (Fsp3) is 0.0833. The van der Waals surface area contributed by atoms with E-state index in [9.17, 15) is 4.79 Å². The van der Waals surface area contributed by atoms with Crippen molar-refractivity contribution in [3.8, 4) is 11.5 Å². The van der Waals surface area contributed by atoms with Gasteiger partial charge in [-0.25, -0.2) is 5.43 Å². The molecule has 0 aliphatic heterocycles. The van der Waals surface area contributed by atoms with Crippen LogP contribution in [-0.2, 0) is 11.4 Å². The number of para-hydroxylation sites is 1. The quantitative estimate of drug-likeness (QED) is 0.343. The molecule has 0 saturated heterocycles. The highest BCUT2D eigenvalue weighted by molar-refractivity contribution is 5.99. The number of nitrogens with one attached hydrogen (secondary N) is 2. The first kappa shape index (κ1) is 19.3. The van der Waals surface area contributed by atoms with Gasteiger partial charge in [-0.15, -0.1) is 0 Å². The Bertz CT molecular complexity index is 1140. The van der Waals surface area contributed by atoms with E-state index in [1.165, 1.54) is 0 Å². The third-order valence-corrected chi connectivity index (χ3v) is 4.44. The lowest BCUT2D eigenvalue weighted by molar-refractivity contribution is -0.123. The molecular weight excluding hydrogens is 378 g/mol. The number of carbonyl (C=O) groups excluding carboxylic acids is 1. The summed E-state index contributed by atoms with van der Waals surface area (Å²) in [7, 11) is 0. The second-order valence-corrected chi connectivity index (χ2v) is 6.62. The smallest absolute Gasteiger partial charge is 0.277 e. The number of aromatic amines is 1. The first-order valence-electron chi connectivity index (χ1n) is 9.55. The van der Waals surface area contributed by atoms with E-state index in [1.54, 1.807) is 18.3 Å². The molecule has 4 rings (SSSR count). The van der Waals surface area contributed by atoms with Crippen molar-refractivity contribution in [2.45, 2.75) is 6.61 Å². The van der Waals surface area contributed by atoms with Crippen LogP contribution in [0.25, 0.3) is 10.9 Å². The summed E-state index contributed by atoms with van der Waals surface area (Å²) in [5.41, 5.74) is 5.38. The lowest BCUT2D eigenvalue weighted by Gasteiger charge is -2.06. The number of amides is 1. The van der Waals surface area contributed by atoms with E-state index >= 15 is 0 Å². The van der Waals surface area contributed by atoms with Crippen LogP contribution in [0.1, 0.15) is 11.1 Å². The molecule has 3 aromatic carbocycles. The number of carbonyl (C=O) groups is 1. The zero-order valence-corrected chi connectivity index (χ0v) is 16.2. The monoisotopic (exact) mass is 399 g/mol. The summed E-state index contributed by atoms with van der Waals surface area (Å²) < 4.78 is 11.2. The van der Waals surface area contributed by atoms with Gasteiger partial charge in [0.2, 0.25) is 0 Å². The number of fused-ring (bicyclic) bond motifs is 1. The van der Waals surface area contributed by atoms with Crippen molar-refractivity contribution in [3.63, 3.8) is 0 Å². The van der Waals surface area contributed by atoms with Gasteiger partial charge in [-0.2, -0.15) is 5.10 Å². The molecule has 0 radical (unpaired) electrons. The molecule has 0 spiro atoms. The van der Waals surface area contributed by atoms with Crippen molar-refractivity contribution in [1.29, 1.82) is 0 Å². The Labute approximate surface area is 174 Å². The first-order chi connectivity index (χ1) is 14.8. The average molecular weight is 399 g/mol. The predicted molar refractivity (Wildman–Crippen MR) is 117 cm³/mol. The molecule has 0 bridgehead atoms. The van der Waals surface area contributed by atoms with Gasteiger partial charge >= 0.3 is 0 Å². The largest absolute Gasteiger partial charge is 0.489 e. The molecule has 0 unspecified atom stereocenters. The second kappa shape index (κ2) is 9.43. The van der Waals surface area contributed by atoms with Gasteiger partial charge in [0, 0.05) is 28.7 Å². The minimum atomic E-state index is -0.327. The Balaban J connectivity index is 1.32. The van der Waals surface area contributed by atoms with Crippen LogP contribution >= 0.6 is 0 Å². The second-order valence-electron chi connectivity index (χ2n) is 6.62. The van der Waals surface area contributed by atoms with E-state index in [-0.39, 0.29) is 12.5 Å². The molecule has 6 heteroatoms. The summed E-state index contributed by atoms with van der Waals surface area (Å²) in [6, 6.07) is 25.0. The topological polar surface area (TPSA) is 75.7 Å². The number of aromatic nitrogens is 1. The Morgan fingerprint density at radius 2 is 1.70 bits per heavy atom. The van der Waals surface area contributed by atoms with Crippen LogP contribution in [0, 0.1) is 0 Å². The number of ether oxygens (including phenoxy) is 2. The fourth-order valence-corrected chi connectivity index (χ4v) is 2.94. The summed E-state index contributed by atoms with van der Waals surface area (Å²) >= 11 is 0. The standard InChI is InChI=1S/C24H21N3O3/c28-24(17-30-20-9-5-2-6-10-20)27-26-15-19-14-25-23-13-21(11-12-22(19)23)29-16-18-7-3-1-4-8-18/h1-15,25H,16-17H2,(H,27,28). The molecule has 1 aromatic heterocycles. The highest BCUT2D eigenvalue weighted by Crippen LogP contribution is 2.23. The Hall–Kier alpha value is -4.06. The molecular formula is C24H21N3O3. The van der Waals surface area contributed by atoms with E-state index in [2.05, 4.69) is 15.5 Å². The molecule has 0 saturated carbocycles. The molecule has 0 aliphatic rings. The summed E-state index contributed by atoms with van der Waals surface area (Å²) in [4.78, 5) is 15.1. The van der Waals surface area contributed by atoms with Crippen LogP contribution in [0.5, 0.6) is 11.5 Å². The maximum absolute atomic E-state index is 11.9. The molecule has 150 valence electrons. The summed E-state index contributed by atoms with van der Waals surface area (Å²) in [6.45, 7) is 0.413. The van der Waals surface area contributed by atoms with Gasteiger partial charge in [-0.3, -0.25) is 4.79 Å². The van der Waals surface area contributed by atoms with Crippen molar-refractivity contribution in [3.05, 3.63) is 96.2 Å². The highest BCUT2D eigenvalue weighted by atomic mass is 16.5. The Morgan fingerprint density at radius 3 is 2.50 bits per heavy atom. The average Bonchev–Trinajstić information content (AvgIpc) is 3.20. The highest BCUT2D eigenvalue weighted by Gasteiger charge is 2.05. The Kier molecular flexibility index (Phi) is 6.05. The predicted octanol–water partition coefficient (Wildman–Crippen LogP) is 4.28. The number of rotatable bonds is 8. The maximum Gasteiger partial charge on any atom is 0.277 e. The van der Waals surface area contributed by atoms with E-state index in [1.807, 2.05) is 72.9 Å². The third-order valence-electron chi connectivity index (χ3n) is 4.44. The van der Waals surface area contributed by atoms with Gasteiger partial charge in [0.05, 0.1) is 6.21 Å². The molecule has 6 nitrogen and oxygen atoms in total. The zero-order chi connectivity index (χ0) is 20.6. The normalized spacial score (nSPS) is 10.9. The summed E-state index contributed by atoms with van der Waals surface area (Å²) in [5.74, 6) is 1.09. The summed E-state index contributed by atoms with van der Waals surface area (Å²) in [5, 5.41) is 5.01. The van der Waals surface area contributed by atoms with Gasteiger partial charge in [-0.1, -0.05) is 48.5 Å². The molecule has 2 N–H and O–H groups in total. The van der Waals surface area contributed by atoms with Crippen LogP contribution in [0.4, 0.5) is 0 Å². The summed E-state index contributed by atoms with van der Waals surface area (Å²) in [6.07, 6.45) is 3.44. The van der Waals surface area contributed by atoms with Crippen LogP contribution in [0.15, 0.2) is 90.2 Å². The minimum absolute atomic E-state index is 0.0999. The van der Waals surface area contributed by atoms with Crippen molar-refractivity contribution in [2.75, 3.05) is 6.61 Å².